The molecule has 0 saturated carbocycles. The zero-order chi connectivity index (χ0) is 35.4. The average molecular weight is 697 g/mol. The summed E-state index contributed by atoms with van der Waals surface area (Å²) in [5, 5.41) is 8.24. The van der Waals surface area contributed by atoms with Crippen LogP contribution in [0.3, 0.4) is 0 Å². The van der Waals surface area contributed by atoms with Gasteiger partial charge >= 0.3 is 0 Å². The second-order valence-electron chi connectivity index (χ2n) is 13.4. The lowest BCUT2D eigenvalue weighted by Crippen LogP contribution is -2.24. The van der Waals surface area contributed by atoms with Crippen LogP contribution in [0.4, 0.5) is 0 Å². The van der Waals surface area contributed by atoms with Crippen LogP contribution in [-0.2, 0) is 4.57 Å². The molecule has 0 N–H and O–H groups in total. The highest BCUT2D eigenvalue weighted by molar-refractivity contribution is 7.85. The van der Waals surface area contributed by atoms with Gasteiger partial charge in [0.2, 0.25) is 0 Å². The zero-order valence-electron chi connectivity index (χ0n) is 28.8. The highest BCUT2D eigenvalue weighted by Crippen LogP contribution is 2.46. The molecule has 0 atom stereocenters. The molecule has 4 heteroatoms. The first kappa shape index (κ1) is 31.2. The smallest absolute Gasteiger partial charge is 0.171 e. The van der Waals surface area contributed by atoms with E-state index in [2.05, 4.69) is 144 Å². The number of aromatic nitrogens is 2. The van der Waals surface area contributed by atoms with Crippen molar-refractivity contribution in [3.8, 4) is 28.1 Å². The largest absolute Gasteiger partial charge is 0.309 e. The van der Waals surface area contributed by atoms with Crippen molar-refractivity contribution in [2.75, 3.05) is 0 Å². The first-order valence-corrected chi connectivity index (χ1v) is 19.6. The van der Waals surface area contributed by atoms with E-state index >= 15 is 4.57 Å². The van der Waals surface area contributed by atoms with Gasteiger partial charge in [0.25, 0.3) is 0 Å². The second-order valence-corrected chi connectivity index (χ2v) is 16.2. The number of fused-ring (bicyclic) bond motifs is 7. The fourth-order valence-electron chi connectivity index (χ4n) is 8.05. The summed E-state index contributed by atoms with van der Waals surface area (Å²) in [6.07, 6.45) is 0. The Kier molecular flexibility index (Phi) is 7.42. The third-order valence-corrected chi connectivity index (χ3v) is 13.5. The van der Waals surface area contributed by atoms with Crippen LogP contribution >= 0.6 is 7.14 Å². The van der Waals surface area contributed by atoms with Gasteiger partial charge in [0.15, 0.2) is 7.14 Å². The zero-order valence-corrected chi connectivity index (χ0v) is 29.7. The molecule has 2 heterocycles. The minimum Gasteiger partial charge on any atom is -0.309 e. The summed E-state index contributed by atoms with van der Waals surface area (Å²) in [5.41, 5.74) is 8.58. The molecular weight excluding hydrogens is 664 g/mol. The van der Waals surface area contributed by atoms with Gasteiger partial charge in [0.05, 0.1) is 22.2 Å². The number of hydrogen-bond acceptors (Lipinski definition) is 2. The van der Waals surface area contributed by atoms with Gasteiger partial charge in [0, 0.05) is 59.7 Å². The molecular formula is C49H33N2OP. The Bertz CT molecular complexity index is 2950. The Balaban J connectivity index is 1.27. The molecule has 2 aromatic heterocycles. The summed E-state index contributed by atoms with van der Waals surface area (Å²) in [5.74, 6) is 0. The highest BCUT2D eigenvalue weighted by atomic mass is 31.2. The van der Waals surface area contributed by atoms with Gasteiger partial charge < -0.3 is 9.13 Å². The maximum atomic E-state index is 15.2. The van der Waals surface area contributed by atoms with Gasteiger partial charge in [-0.1, -0.05) is 182 Å². The molecule has 0 aliphatic heterocycles. The molecule has 8 aromatic carbocycles. The van der Waals surface area contributed by atoms with E-state index in [9.17, 15) is 0 Å². The van der Waals surface area contributed by atoms with Gasteiger partial charge in [-0.3, -0.25) is 0 Å². The van der Waals surface area contributed by atoms with E-state index in [4.69, 9.17) is 4.98 Å². The summed E-state index contributed by atoms with van der Waals surface area (Å²) >= 11 is 0. The first-order chi connectivity index (χ1) is 26.2. The van der Waals surface area contributed by atoms with Gasteiger partial charge in [-0.25, -0.2) is 4.98 Å². The fourth-order valence-corrected chi connectivity index (χ4v) is 10.7. The molecule has 0 aliphatic rings. The van der Waals surface area contributed by atoms with Crippen LogP contribution in [0.2, 0.25) is 0 Å². The predicted molar refractivity (Wildman–Crippen MR) is 224 cm³/mol. The van der Waals surface area contributed by atoms with Gasteiger partial charge in [0.1, 0.15) is 0 Å². The maximum Gasteiger partial charge on any atom is 0.171 e. The van der Waals surface area contributed by atoms with Gasteiger partial charge in [-0.15, -0.1) is 0 Å². The summed E-state index contributed by atoms with van der Waals surface area (Å²) in [6, 6.07) is 68.9. The van der Waals surface area contributed by atoms with Crippen LogP contribution < -0.4 is 15.9 Å². The Hall–Kier alpha value is -6.54. The number of benzene rings is 8. The quantitative estimate of drug-likeness (QED) is 0.128. The monoisotopic (exact) mass is 696 g/mol. The van der Waals surface area contributed by atoms with E-state index in [0.717, 1.165) is 71.3 Å². The van der Waals surface area contributed by atoms with E-state index < -0.39 is 7.14 Å². The molecule has 0 unspecified atom stereocenters. The average Bonchev–Trinajstić information content (AvgIpc) is 3.59. The van der Waals surface area contributed by atoms with Crippen molar-refractivity contribution in [3.63, 3.8) is 0 Å². The molecule has 0 fully saturated rings. The second kappa shape index (κ2) is 12.6. The number of rotatable bonds is 6. The maximum absolute atomic E-state index is 15.2. The predicted octanol–water partition coefficient (Wildman–Crippen LogP) is 11.5. The Morgan fingerprint density at radius 2 is 0.925 bits per heavy atom. The molecule has 0 radical (unpaired) electrons. The lowest BCUT2D eigenvalue weighted by atomic mass is 9.97. The van der Waals surface area contributed by atoms with Crippen LogP contribution in [0.15, 0.2) is 200 Å². The number of nitrogens with zero attached hydrogens (tertiary/aromatic N) is 2. The number of para-hydroxylation sites is 3. The molecule has 250 valence electrons. The van der Waals surface area contributed by atoms with Crippen molar-refractivity contribution in [2.45, 2.75) is 0 Å². The van der Waals surface area contributed by atoms with Gasteiger partial charge in [-0.05, 0) is 23.8 Å². The van der Waals surface area contributed by atoms with Crippen molar-refractivity contribution in [3.05, 3.63) is 200 Å². The SMILES string of the molecule is O=P(c1ccccc1)(c1ccccc1)c1ccc(-c2cccc3c4ccc5c(-c6ccccc6)nc6ccccc6c5c4n(-c4ccccc4)c23)cc1. The van der Waals surface area contributed by atoms with Crippen molar-refractivity contribution < 1.29 is 4.57 Å². The Labute approximate surface area is 307 Å². The lowest BCUT2D eigenvalue weighted by Gasteiger charge is -2.20. The summed E-state index contributed by atoms with van der Waals surface area (Å²) in [4.78, 5) is 5.24. The van der Waals surface area contributed by atoms with Crippen LogP contribution in [0.5, 0.6) is 0 Å². The van der Waals surface area contributed by atoms with E-state index in [0.29, 0.717) is 0 Å². The van der Waals surface area contributed by atoms with E-state index in [1.165, 1.54) is 16.2 Å². The third-order valence-electron chi connectivity index (χ3n) is 10.5. The Morgan fingerprint density at radius 3 is 1.60 bits per heavy atom. The molecule has 0 aliphatic carbocycles. The summed E-state index contributed by atoms with van der Waals surface area (Å²) in [6.45, 7) is 0. The molecule has 10 rings (SSSR count). The molecule has 0 spiro atoms. The molecule has 0 bridgehead atoms. The number of pyridine rings is 1. The fraction of sp³-hybridized carbons (Fsp3) is 0. The lowest BCUT2D eigenvalue weighted by molar-refractivity contribution is 0.592. The van der Waals surface area contributed by atoms with Crippen LogP contribution in [0, 0.1) is 0 Å². The van der Waals surface area contributed by atoms with Crippen LogP contribution in [0.25, 0.3) is 71.6 Å². The standard InChI is InChI=1S/C49H33N2OP/c52-53(37-20-9-3-10-21-37,38-22-11-4-12-23-38)39-30-28-34(29-31-39)40-25-15-26-41-42-32-33-44-46(49(42)51(48(40)41)36-18-7-2-8-19-36)43-24-13-14-27-45(43)50-47(44)35-16-5-1-6-17-35/h1-33H. The van der Waals surface area contributed by atoms with Crippen molar-refractivity contribution in [2.24, 2.45) is 0 Å². The normalized spacial score (nSPS) is 11.8. The van der Waals surface area contributed by atoms with Crippen LogP contribution in [-0.4, -0.2) is 9.55 Å². The summed E-state index contributed by atoms with van der Waals surface area (Å²) in [7, 11) is -3.11. The molecule has 10 aromatic rings. The Morgan fingerprint density at radius 1 is 0.396 bits per heavy atom. The first-order valence-electron chi connectivity index (χ1n) is 17.9. The summed E-state index contributed by atoms with van der Waals surface area (Å²) < 4.78 is 17.6. The van der Waals surface area contributed by atoms with E-state index in [-0.39, 0.29) is 0 Å². The molecule has 53 heavy (non-hydrogen) atoms. The van der Waals surface area contributed by atoms with E-state index in [1.54, 1.807) is 0 Å². The molecule has 0 amide bonds. The van der Waals surface area contributed by atoms with Crippen molar-refractivity contribution >= 4 is 66.5 Å². The van der Waals surface area contributed by atoms with E-state index in [1.807, 2.05) is 60.7 Å². The molecule has 0 saturated heterocycles. The van der Waals surface area contributed by atoms with Gasteiger partial charge in [-0.2, -0.15) is 0 Å². The third kappa shape index (κ3) is 4.97. The topological polar surface area (TPSA) is 34.9 Å². The number of hydrogen-bond donors (Lipinski definition) is 0. The van der Waals surface area contributed by atoms with Crippen molar-refractivity contribution in [1.82, 2.24) is 9.55 Å². The minimum atomic E-state index is -3.11. The van der Waals surface area contributed by atoms with Crippen molar-refractivity contribution in [1.29, 1.82) is 0 Å². The minimum absolute atomic E-state index is 0.813. The molecule has 3 nitrogen and oxygen atoms in total. The van der Waals surface area contributed by atoms with Crippen LogP contribution in [0.1, 0.15) is 0 Å². The highest BCUT2D eigenvalue weighted by Gasteiger charge is 2.30.